The summed E-state index contributed by atoms with van der Waals surface area (Å²) in [6.07, 6.45) is 5.24. The van der Waals surface area contributed by atoms with Gasteiger partial charge in [0.1, 0.15) is 17.2 Å². The molecular formula is C24H25N5O. The largest absolute Gasteiger partial charge is 0.457 e. The third-order valence-electron chi connectivity index (χ3n) is 5.90. The Morgan fingerprint density at radius 2 is 1.50 bits per heavy atom. The number of hydrogen-bond acceptors (Lipinski definition) is 6. The minimum Gasteiger partial charge on any atom is -0.457 e. The second-order valence-corrected chi connectivity index (χ2v) is 7.92. The fourth-order valence-electron chi connectivity index (χ4n) is 4.53. The molecule has 0 saturated heterocycles. The van der Waals surface area contributed by atoms with Crippen molar-refractivity contribution in [2.75, 3.05) is 4.90 Å². The lowest BCUT2D eigenvalue weighted by molar-refractivity contribution is 0.305. The Bertz CT molecular complexity index is 1130. The molecule has 5 rings (SSSR count). The standard InChI is InChI=1S/C24H25N5O/c25-22-27-23(26)29(24(28-22)14-4-1-5-15-24)19-9-12-20(13-10-19)30-21-11-8-17-6-2-3-7-18(17)16-21/h2-3,6-13,16H,1,4-5,14-15H2,(H4,25,26,27,28). The molecule has 0 bridgehead atoms. The molecule has 0 amide bonds. The number of ether oxygens (including phenoxy) is 1. The van der Waals surface area contributed by atoms with E-state index in [-0.39, 0.29) is 5.96 Å². The summed E-state index contributed by atoms with van der Waals surface area (Å²) in [5.41, 5.74) is 12.8. The number of nitrogens with zero attached hydrogens (tertiary/aromatic N) is 3. The van der Waals surface area contributed by atoms with Crippen LogP contribution >= 0.6 is 0 Å². The van der Waals surface area contributed by atoms with Crippen LogP contribution in [0.15, 0.2) is 76.7 Å². The van der Waals surface area contributed by atoms with Crippen molar-refractivity contribution in [3.63, 3.8) is 0 Å². The first-order chi connectivity index (χ1) is 14.6. The van der Waals surface area contributed by atoms with E-state index in [1.807, 2.05) is 53.4 Å². The average Bonchev–Trinajstić information content (AvgIpc) is 2.75. The van der Waals surface area contributed by atoms with Gasteiger partial charge in [0.05, 0.1) is 0 Å². The van der Waals surface area contributed by atoms with Gasteiger partial charge in [-0.3, -0.25) is 4.90 Å². The molecular weight excluding hydrogens is 374 g/mol. The van der Waals surface area contributed by atoms with Gasteiger partial charge in [0, 0.05) is 5.69 Å². The van der Waals surface area contributed by atoms with Crippen molar-refractivity contribution in [3.05, 3.63) is 66.7 Å². The number of guanidine groups is 2. The van der Waals surface area contributed by atoms with Crippen LogP contribution in [0.5, 0.6) is 11.5 Å². The summed E-state index contributed by atoms with van der Waals surface area (Å²) in [6.45, 7) is 0. The van der Waals surface area contributed by atoms with Crippen LogP contribution in [0.2, 0.25) is 0 Å². The van der Waals surface area contributed by atoms with Crippen LogP contribution in [-0.2, 0) is 0 Å². The number of nitrogens with two attached hydrogens (primary N) is 2. The predicted octanol–water partition coefficient (Wildman–Crippen LogP) is 4.74. The Morgan fingerprint density at radius 1 is 0.800 bits per heavy atom. The summed E-state index contributed by atoms with van der Waals surface area (Å²) >= 11 is 0. The summed E-state index contributed by atoms with van der Waals surface area (Å²) in [4.78, 5) is 11.0. The zero-order valence-electron chi connectivity index (χ0n) is 16.8. The van der Waals surface area contributed by atoms with E-state index < -0.39 is 5.66 Å². The van der Waals surface area contributed by atoms with E-state index in [1.165, 1.54) is 11.8 Å². The molecule has 1 aliphatic carbocycles. The van der Waals surface area contributed by atoms with Crippen LogP contribution in [-0.4, -0.2) is 17.6 Å². The van der Waals surface area contributed by atoms with Crippen LogP contribution in [0.1, 0.15) is 32.1 Å². The quantitative estimate of drug-likeness (QED) is 0.666. The molecule has 3 aromatic carbocycles. The van der Waals surface area contributed by atoms with E-state index in [9.17, 15) is 0 Å². The number of hydrogen-bond donors (Lipinski definition) is 2. The van der Waals surface area contributed by atoms with Crippen LogP contribution in [0.25, 0.3) is 10.8 Å². The van der Waals surface area contributed by atoms with E-state index in [4.69, 9.17) is 21.2 Å². The molecule has 1 heterocycles. The van der Waals surface area contributed by atoms with Gasteiger partial charge in [0.15, 0.2) is 0 Å². The van der Waals surface area contributed by atoms with Gasteiger partial charge < -0.3 is 16.2 Å². The molecule has 6 nitrogen and oxygen atoms in total. The maximum atomic E-state index is 6.31. The molecule has 1 spiro atoms. The molecule has 152 valence electrons. The third-order valence-corrected chi connectivity index (χ3v) is 5.90. The number of fused-ring (bicyclic) bond motifs is 1. The monoisotopic (exact) mass is 399 g/mol. The van der Waals surface area contributed by atoms with Crippen molar-refractivity contribution < 1.29 is 4.74 Å². The van der Waals surface area contributed by atoms with E-state index in [0.717, 1.165) is 48.3 Å². The van der Waals surface area contributed by atoms with Crippen molar-refractivity contribution in [1.82, 2.24) is 0 Å². The van der Waals surface area contributed by atoms with Crippen molar-refractivity contribution in [2.45, 2.75) is 37.8 Å². The van der Waals surface area contributed by atoms with Gasteiger partial charge in [-0.25, -0.2) is 4.99 Å². The summed E-state index contributed by atoms with van der Waals surface area (Å²) in [5.74, 6) is 2.23. The second-order valence-electron chi connectivity index (χ2n) is 7.92. The number of aliphatic imine (C=N–C) groups is 2. The maximum Gasteiger partial charge on any atom is 0.220 e. The van der Waals surface area contributed by atoms with E-state index in [1.54, 1.807) is 0 Å². The Morgan fingerprint density at radius 3 is 2.27 bits per heavy atom. The van der Waals surface area contributed by atoms with Crippen LogP contribution in [0.3, 0.4) is 0 Å². The summed E-state index contributed by atoms with van der Waals surface area (Å²) in [6, 6.07) is 22.3. The molecule has 0 unspecified atom stereocenters. The molecule has 1 saturated carbocycles. The molecule has 6 heteroatoms. The molecule has 3 aromatic rings. The Kier molecular flexibility index (Phi) is 4.54. The molecule has 30 heavy (non-hydrogen) atoms. The highest BCUT2D eigenvalue weighted by molar-refractivity contribution is 6.05. The van der Waals surface area contributed by atoms with Gasteiger partial charge in [-0.1, -0.05) is 36.8 Å². The summed E-state index contributed by atoms with van der Waals surface area (Å²) < 4.78 is 6.08. The molecule has 2 aliphatic rings. The van der Waals surface area contributed by atoms with Crippen molar-refractivity contribution >= 4 is 28.4 Å². The molecule has 0 aromatic heterocycles. The Balaban J connectivity index is 1.41. The van der Waals surface area contributed by atoms with E-state index >= 15 is 0 Å². The van der Waals surface area contributed by atoms with E-state index in [0.29, 0.717) is 5.96 Å². The lowest BCUT2D eigenvalue weighted by Gasteiger charge is -2.45. The Hall–Kier alpha value is -3.54. The number of benzene rings is 3. The Labute approximate surface area is 175 Å². The third kappa shape index (κ3) is 3.34. The van der Waals surface area contributed by atoms with Crippen LogP contribution in [0, 0.1) is 0 Å². The topological polar surface area (TPSA) is 89.2 Å². The highest BCUT2D eigenvalue weighted by atomic mass is 16.5. The second kappa shape index (κ2) is 7.37. The summed E-state index contributed by atoms with van der Waals surface area (Å²) in [7, 11) is 0. The van der Waals surface area contributed by atoms with Gasteiger partial charge in [0.25, 0.3) is 0 Å². The first-order valence-corrected chi connectivity index (χ1v) is 10.4. The fourth-order valence-corrected chi connectivity index (χ4v) is 4.53. The summed E-state index contributed by atoms with van der Waals surface area (Å²) in [5, 5.41) is 2.34. The van der Waals surface area contributed by atoms with Gasteiger partial charge in [-0.05, 0) is 72.9 Å². The number of rotatable bonds is 3. The van der Waals surface area contributed by atoms with Gasteiger partial charge in [-0.2, -0.15) is 4.99 Å². The van der Waals surface area contributed by atoms with Crippen LogP contribution < -0.4 is 21.1 Å². The minimum absolute atomic E-state index is 0.266. The smallest absolute Gasteiger partial charge is 0.220 e. The minimum atomic E-state index is -0.436. The zero-order chi connectivity index (χ0) is 20.6. The molecule has 0 atom stereocenters. The predicted molar refractivity (Wildman–Crippen MR) is 122 cm³/mol. The highest BCUT2D eigenvalue weighted by Gasteiger charge is 2.42. The maximum absolute atomic E-state index is 6.31. The first-order valence-electron chi connectivity index (χ1n) is 10.4. The van der Waals surface area contributed by atoms with Crippen molar-refractivity contribution in [3.8, 4) is 11.5 Å². The van der Waals surface area contributed by atoms with Crippen molar-refractivity contribution in [1.29, 1.82) is 0 Å². The van der Waals surface area contributed by atoms with Gasteiger partial charge in [0.2, 0.25) is 11.9 Å². The highest BCUT2D eigenvalue weighted by Crippen LogP contribution is 2.40. The van der Waals surface area contributed by atoms with Crippen LogP contribution in [0.4, 0.5) is 5.69 Å². The van der Waals surface area contributed by atoms with Crippen molar-refractivity contribution in [2.24, 2.45) is 21.5 Å². The first kappa shape index (κ1) is 18.5. The average molecular weight is 399 g/mol. The fraction of sp³-hybridized carbons (Fsp3) is 0.250. The van der Waals surface area contributed by atoms with Gasteiger partial charge >= 0.3 is 0 Å². The zero-order valence-corrected chi connectivity index (χ0v) is 16.8. The SMILES string of the molecule is NC1=NC2(CCCCC2)N(c2ccc(Oc3ccc4ccccc4c3)cc2)C(N)=N1. The van der Waals surface area contributed by atoms with E-state index in [2.05, 4.69) is 23.2 Å². The van der Waals surface area contributed by atoms with Gasteiger partial charge in [-0.15, -0.1) is 0 Å². The molecule has 1 fully saturated rings. The molecule has 0 radical (unpaired) electrons. The molecule has 4 N–H and O–H groups in total. The lowest BCUT2D eigenvalue weighted by Crippen LogP contribution is -2.58. The number of anilines is 1. The lowest BCUT2D eigenvalue weighted by atomic mass is 9.87. The molecule has 1 aliphatic heterocycles. The normalized spacial score (nSPS) is 18.2.